The van der Waals surface area contributed by atoms with E-state index in [-0.39, 0.29) is 5.78 Å². The van der Waals surface area contributed by atoms with Gasteiger partial charge in [-0.25, -0.2) is 0 Å². The Labute approximate surface area is 107 Å². The minimum absolute atomic E-state index is 0.0821. The van der Waals surface area contributed by atoms with Crippen molar-refractivity contribution in [1.82, 2.24) is 0 Å². The third-order valence-corrected chi connectivity index (χ3v) is 3.12. The number of hydrogen-bond acceptors (Lipinski definition) is 1. The highest BCUT2D eigenvalue weighted by Crippen LogP contribution is 2.28. The van der Waals surface area contributed by atoms with Crippen molar-refractivity contribution in [3.8, 4) is 0 Å². The van der Waals surface area contributed by atoms with Crippen LogP contribution in [-0.2, 0) is 0 Å². The average Bonchev–Trinajstić information content (AvgIpc) is 2.39. The zero-order valence-electron chi connectivity index (χ0n) is 9.89. The molecular formula is C17H12O. The summed E-state index contributed by atoms with van der Waals surface area (Å²) < 4.78 is 0. The molecule has 0 fully saturated rings. The van der Waals surface area contributed by atoms with E-state index in [1.165, 1.54) is 0 Å². The molecule has 0 saturated heterocycles. The molecule has 0 atom stereocenters. The van der Waals surface area contributed by atoms with Crippen molar-refractivity contribution in [1.29, 1.82) is 0 Å². The van der Waals surface area contributed by atoms with Crippen molar-refractivity contribution in [2.24, 2.45) is 0 Å². The topological polar surface area (TPSA) is 17.1 Å². The van der Waals surface area contributed by atoms with Crippen molar-refractivity contribution in [3.63, 3.8) is 0 Å². The maximum Gasteiger partial charge on any atom is 0.193 e. The fourth-order valence-electron chi connectivity index (χ4n) is 2.21. The summed E-state index contributed by atoms with van der Waals surface area (Å²) in [6.07, 6.45) is 3.88. The molecule has 1 aliphatic rings. The van der Waals surface area contributed by atoms with Crippen LogP contribution in [0.4, 0.5) is 0 Å². The van der Waals surface area contributed by atoms with E-state index in [1.807, 2.05) is 61.0 Å². The Bertz CT molecular complexity index is 650. The summed E-state index contributed by atoms with van der Waals surface area (Å²) in [7, 11) is 0. The van der Waals surface area contributed by atoms with Crippen molar-refractivity contribution >= 4 is 11.4 Å². The Hall–Kier alpha value is -2.15. The molecule has 18 heavy (non-hydrogen) atoms. The molecule has 2 radical (unpaired) electrons. The first-order valence-corrected chi connectivity index (χ1v) is 5.87. The lowest BCUT2D eigenvalue weighted by Crippen LogP contribution is -2.10. The predicted octanol–water partition coefficient (Wildman–Crippen LogP) is 3.70. The first kappa shape index (κ1) is 11.0. The van der Waals surface area contributed by atoms with Gasteiger partial charge in [-0.2, -0.15) is 0 Å². The van der Waals surface area contributed by atoms with Crippen LogP contribution in [0.15, 0.2) is 54.6 Å². The third kappa shape index (κ3) is 1.78. The normalized spacial score (nSPS) is 14.1. The monoisotopic (exact) mass is 232 g/mol. The van der Waals surface area contributed by atoms with Gasteiger partial charge in [-0.3, -0.25) is 4.79 Å². The van der Waals surface area contributed by atoms with Gasteiger partial charge in [0.1, 0.15) is 0 Å². The number of carbonyl (C=O) groups is 1. The van der Waals surface area contributed by atoms with E-state index in [9.17, 15) is 4.79 Å². The molecule has 2 aromatic rings. The standard InChI is InChI=1S/C17H12O/c1-12-5-4-7-14(11-12)16-10-9-13-6-2-3-8-15(13)17(16)18/h2-11H,1H2. The van der Waals surface area contributed by atoms with Gasteiger partial charge < -0.3 is 0 Å². The second-order valence-corrected chi connectivity index (χ2v) is 4.36. The summed E-state index contributed by atoms with van der Waals surface area (Å²) in [5.74, 6) is 0.0821. The molecule has 86 valence electrons. The maximum atomic E-state index is 12.4. The predicted molar refractivity (Wildman–Crippen MR) is 73.1 cm³/mol. The van der Waals surface area contributed by atoms with Crippen LogP contribution in [0.1, 0.15) is 27.0 Å². The van der Waals surface area contributed by atoms with Gasteiger partial charge in [0.2, 0.25) is 0 Å². The molecule has 2 aromatic carbocycles. The summed E-state index contributed by atoms with van der Waals surface area (Å²) in [6.45, 7) is 3.90. The first-order valence-electron chi connectivity index (χ1n) is 5.87. The molecule has 0 aliphatic heterocycles. The number of benzene rings is 2. The lowest BCUT2D eigenvalue weighted by Gasteiger charge is -2.15. The summed E-state index contributed by atoms with van der Waals surface area (Å²) in [4.78, 5) is 12.4. The number of ketones is 1. The van der Waals surface area contributed by atoms with Crippen LogP contribution in [0, 0.1) is 13.3 Å². The lowest BCUT2D eigenvalue weighted by atomic mass is 9.87. The third-order valence-electron chi connectivity index (χ3n) is 3.12. The molecule has 0 heterocycles. The number of hydrogen-bond donors (Lipinski definition) is 0. The number of fused-ring (bicyclic) bond motifs is 1. The van der Waals surface area contributed by atoms with Gasteiger partial charge >= 0.3 is 0 Å². The Morgan fingerprint density at radius 2 is 1.78 bits per heavy atom. The van der Waals surface area contributed by atoms with Crippen LogP contribution in [-0.4, -0.2) is 5.78 Å². The molecule has 0 spiro atoms. The molecule has 0 N–H and O–H groups in total. The largest absolute Gasteiger partial charge is 0.289 e. The Morgan fingerprint density at radius 1 is 0.944 bits per heavy atom. The first-order chi connectivity index (χ1) is 8.75. The summed E-state index contributed by atoms with van der Waals surface area (Å²) in [6, 6.07) is 15.4. The number of allylic oxidation sites excluding steroid dienone is 2. The lowest BCUT2D eigenvalue weighted by molar-refractivity contribution is 0.105. The van der Waals surface area contributed by atoms with E-state index >= 15 is 0 Å². The smallest absolute Gasteiger partial charge is 0.193 e. The summed E-state index contributed by atoms with van der Waals surface area (Å²) in [5.41, 5.74) is 4.33. The minimum Gasteiger partial charge on any atom is -0.289 e. The number of rotatable bonds is 1. The van der Waals surface area contributed by atoms with Crippen LogP contribution < -0.4 is 0 Å². The SMILES string of the molecule is [CH2]c1cccc(C2=C[CH]c3ccccc3C2=O)c1. The highest BCUT2D eigenvalue weighted by Gasteiger charge is 2.20. The molecule has 0 aromatic heterocycles. The van der Waals surface area contributed by atoms with Crippen molar-refractivity contribution in [3.05, 3.63) is 90.2 Å². The Balaban J connectivity index is 2.07. The quantitative estimate of drug-likeness (QED) is 0.732. The molecule has 3 rings (SSSR count). The van der Waals surface area contributed by atoms with Crippen molar-refractivity contribution in [2.75, 3.05) is 0 Å². The van der Waals surface area contributed by atoms with E-state index < -0.39 is 0 Å². The molecule has 1 nitrogen and oxygen atoms in total. The minimum atomic E-state index is 0.0821. The van der Waals surface area contributed by atoms with E-state index in [1.54, 1.807) is 0 Å². The van der Waals surface area contributed by atoms with Gasteiger partial charge in [-0.1, -0.05) is 54.6 Å². The highest BCUT2D eigenvalue weighted by molar-refractivity contribution is 6.30. The molecule has 0 bridgehead atoms. The van der Waals surface area contributed by atoms with Crippen LogP contribution in [0.5, 0.6) is 0 Å². The van der Waals surface area contributed by atoms with Gasteiger partial charge in [0.25, 0.3) is 0 Å². The number of Topliss-reactive ketones (excluding diaryl/α,β-unsaturated/α-hetero) is 1. The molecule has 0 unspecified atom stereocenters. The van der Waals surface area contributed by atoms with Gasteiger partial charge in [0, 0.05) is 17.6 Å². The van der Waals surface area contributed by atoms with Crippen molar-refractivity contribution in [2.45, 2.75) is 0 Å². The van der Waals surface area contributed by atoms with E-state index in [4.69, 9.17) is 0 Å². The Morgan fingerprint density at radius 3 is 2.61 bits per heavy atom. The van der Waals surface area contributed by atoms with Gasteiger partial charge in [-0.05, 0) is 23.6 Å². The maximum absolute atomic E-state index is 12.4. The molecule has 0 amide bonds. The van der Waals surface area contributed by atoms with Gasteiger partial charge in [0.05, 0.1) is 0 Å². The molecule has 1 heteroatoms. The van der Waals surface area contributed by atoms with Crippen LogP contribution in [0.25, 0.3) is 5.57 Å². The molecule has 1 aliphatic carbocycles. The van der Waals surface area contributed by atoms with Crippen LogP contribution >= 0.6 is 0 Å². The summed E-state index contributed by atoms with van der Waals surface area (Å²) in [5, 5.41) is 0. The second kappa shape index (κ2) is 4.26. The Kier molecular flexibility index (Phi) is 2.60. The molecule has 0 saturated carbocycles. The fraction of sp³-hybridized carbons (Fsp3) is 0. The van der Waals surface area contributed by atoms with E-state index in [0.29, 0.717) is 0 Å². The zero-order chi connectivity index (χ0) is 12.5. The molecular weight excluding hydrogens is 220 g/mol. The summed E-state index contributed by atoms with van der Waals surface area (Å²) >= 11 is 0. The zero-order valence-corrected chi connectivity index (χ0v) is 9.89. The van der Waals surface area contributed by atoms with E-state index in [2.05, 4.69) is 6.92 Å². The van der Waals surface area contributed by atoms with Crippen LogP contribution in [0.2, 0.25) is 0 Å². The average molecular weight is 232 g/mol. The van der Waals surface area contributed by atoms with Gasteiger partial charge in [-0.15, -0.1) is 0 Å². The van der Waals surface area contributed by atoms with Crippen LogP contribution in [0.3, 0.4) is 0 Å². The second-order valence-electron chi connectivity index (χ2n) is 4.36. The van der Waals surface area contributed by atoms with Gasteiger partial charge in [0.15, 0.2) is 5.78 Å². The van der Waals surface area contributed by atoms with Crippen molar-refractivity contribution < 1.29 is 4.79 Å². The fourth-order valence-corrected chi connectivity index (χ4v) is 2.21. The highest BCUT2D eigenvalue weighted by atomic mass is 16.1. The van der Waals surface area contributed by atoms with E-state index in [0.717, 1.165) is 27.8 Å². The number of carbonyl (C=O) groups excluding carboxylic acids is 1.